The minimum Gasteiger partial charge on any atom is -0.353 e. The molecule has 23 heavy (non-hydrogen) atoms. The molecule has 2 aromatic rings. The van der Waals surface area contributed by atoms with Gasteiger partial charge in [-0.15, -0.1) is 0 Å². The Morgan fingerprint density at radius 2 is 1.61 bits per heavy atom. The third kappa shape index (κ3) is 2.83. The molecule has 114 valence electrons. The number of ketones is 2. The van der Waals surface area contributed by atoms with Gasteiger partial charge in [-0.05, 0) is 28.8 Å². The van der Waals surface area contributed by atoms with Gasteiger partial charge in [0.1, 0.15) is 0 Å². The van der Waals surface area contributed by atoms with E-state index in [-0.39, 0.29) is 5.91 Å². The van der Waals surface area contributed by atoms with Crippen molar-refractivity contribution < 1.29 is 14.4 Å². The second kappa shape index (κ2) is 6.01. The Balaban J connectivity index is 1.98. The first-order chi connectivity index (χ1) is 11.1. The molecule has 0 radical (unpaired) electrons. The highest BCUT2D eigenvalue weighted by Crippen LogP contribution is 2.34. The van der Waals surface area contributed by atoms with Gasteiger partial charge >= 0.3 is 0 Å². The predicted octanol–water partition coefficient (Wildman–Crippen LogP) is 2.88. The Morgan fingerprint density at radius 1 is 0.957 bits per heavy atom. The maximum atomic E-state index is 12.2. The summed E-state index contributed by atoms with van der Waals surface area (Å²) in [6.45, 7) is 1.91. The summed E-state index contributed by atoms with van der Waals surface area (Å²) in [6.07, 6.45) is 3.71. The maximum Gasteiger partial charge on any atom is 0.234 e. The van der Waals surface area contributed by atoms with Gasteiger partial charge in [-0.3, -0.25) is 14.4 Å². The molecule has 1 aliphatic carbocycles. The Kier molecular flexibility index (Phi) is 3.89. The lowest BCUT2D eigenvalue weighted by atomic mass is 9.83. The molecule has 4 heteroatoms. The fourth-order valence-corrected chi connectivity index (χ4v) is 2.64. The number of nitrogens with one attached hydrogen (secondary N) is 1. The van der Waals surface area contributed by atoms with Crippen LogP contribution in [0.5, 0.6) is 0 Å². The van der Waals surface area contributed by atoms with Crippen LogP contribution in [0, 0.1) is 0 Å². The Bertz CT molecular complexity index is 849. The fraction of sp³-hybridized carbons (Fsp3) is 0.105. The summed E-state index contributed by atoms with van der Waals surface area (Å²) in [5, 5.41) is 2.68. The third-order valence-corrected chi connectivity index (χ3v) is 3.74. The quantitative estimate of drug-likeness (QED) is 0.887. The molecule has 0 fully saturated rings. The number of carbonyl (C=O) groups excluding carboxylic acids is 3. The van der Waals surface area contributed by atoms with E-state index in [0.29, 0.717) is 17.7 Å². The summed E-state index contributed by atoms with van der Waals surface area (Å²) in [5.74, 6) is -1.01. The number of hydrogen-bond donors (Lipinski definition) is 1. The number of fused-ring (bicyclic) bond motifs is 3. The summed E-state index contributed by atoms with van der Waals surface area (Å²) < 4.78 is 0. The topological polar surface area (TPSA) is 63.2 Å². The number of amides is 1. The lowest BCUT2D eigenvalue weighted by Gasteiger charge is -2.18. The highest BCUT2D eigenvalue weighted by atomic mass is 16.2. The van der Waals surface area contributed by atoms with Crippen LogP contribution >= 0.6 is 0 Å². The van der Waals surface area contributed by atoms with Crippen molar-refractivity contribution in [3.63, 3.8) is 0 Å². The second-order valence-electron chi connectivity index (χ2n) is 5.35. The molecule has 0 aromatic heterocycles. The Morgan fingerprint density at radius 3 is 2.30 bits per heavy atom. The van der Waals surface area contributed by atoms with Crippen LogP contribution in [0.3, 0.4) is 0 Å². The molecular weight excluding hydrogens is 290 g/mol. The van der Waals surface area contributed by atoms with Crippen molar-refractivity contribution in [2.45, 2.75) is 6.92 Å². The van der Waals surface area contributed by atoms with Crippen molar-refractivity contribution in [1.29, 1.82) is 0 Å². The van der Waals surface area contributed by atoms with Crippen molar-refractivity contribution in [2.75, 3.05) is 6.54 Å². The number of rotatable bonds is 3. The normalized spacial score (nSPS) is 12.9. The van der Waals surface area contributed by atoms with Crippen molar-refractivity contribution in [3.05, 3.63) is 65.2 Å². The van der Waals surface area contributed by atoms with Gasteiger partial charge in [-0.2, -0.15) is 0 Å². The van der Waals surface area contributed by atoms with E-state index in [4.69, 9.17) is 0 Å². The predicted molar refractivity (Wildman–Crippen MR) is 88.3 cm³/mol. The molecule has 1 amide bonds. The van der Waals surface area contributed by atoms with Crippen molar-refractivity contribution in [1.82, 2.24) is 5.32 Å². The molecule has 4 nitrogen and oxygen atoms in total. The summed E-state index contributed by atoms with van der Waals surface area (Å²) in [6, 6.07) is 12.5. The highest BCUT2D eigenvalue weighted by Gasteiger charge is 2.29. The molecule has 1 aliphatic rings. The monoisotopic (exact) mass is 305 g/mol. The van der Waals surface area contributed by atoms with Crippen LogP contribution in [-0.2, 0) is 4.79 Å². The average Bonchev–Trinajstić information content (AvgIpc) is 2.56. The van der Waals surface area contributed by atoms with Crippen LogP contribution in [0.2, 0.25) is 0 Å². The number of carbonyl (C=O) groups is 3. The molecule has 0 bridgehead atoms. The van der Waals surface area contributed by atoms with Crippen LogP contribution in [0.15, 0.2) is 48.5 Å². The van der Waals surface area contributed by atoms with Gasteiger partial charge in [0.15, 0.2) is 0 Å². The van der Waals surface area contributed by atoms with Crippen molar-refractivity contribution >= 4 is 23.5 Å². The lowest BCUT2D eigenvalue weighted by Crippen LogP contribution is -2.21. The summed E-state index contributed by atoms with van der Waals surface area (Å²) >= 11 is 0. The first-order valence-electron chi connectivity index (χ1n) is 7.31. The molecule has 2 aromatic carbocycles. The number of Topliss-reactive ketones (excluding diaryl/α,β-unsaturated/α-hetero) is 2. The van der Waals surface area contributed by atoms with Gasteiger partial charge in [0, 0.05) is 24.6 Å². The van der Waals surface area contributed by atoms with Gasteiger partial charge in [0.05, 0.1) is 0 Å². The summed E-state index contributed by atoms with van der Waals surface area (Å²) in [5.41, 5.74) is 3.35. The number of hydrogen-bond acceptors (Lipinski definition) is 3. The standard InChI is InChI=1S/C19H15NO3/c1-12(21)20-10-4-5-13-8-9-16-17(11-13)14-6-2-3-7-15(14)18(22)19(16)23/h2-9,11H,10H2,1H3,(H,20,21). The average molecular weight is 305 g/mol. The SMILES string of the molecule is CC(=O)NCC=Cc1ccc2c(c1)-c1ccccc1C(=O)C2=O. The van der Waals surface area contributed by atoms with Gasteiger partial charge in [0.2, 0.25) is 17.5 Å². The molecule has 0 unspecified atom stereocenters. The van der Waals surface area contributed by atoms with E-state index in [1.807, 2.05) is 30.4 Å². The molecule has 0 spiro atoms. The summed E-state index contributed by atoms with van der Waals surface area (Å²) in [7, 11) is 0. The molecule has 3 rings (SSSR count). The molecule has 0 atom stereocenters. The van der Waals surface area contributed by atoms with Crippen LogP contribution in [0.1, 0.15) is 33.2 Å². The Labute approximate surface area is 133 Å². The molecule has 0 heterocycles. The van der Waals surface area contributed by atoms with E-state index in [2.05, 4.69) is 5.32 Å². The minimum atomic E-state index is -0.465. The van der Waals surface area contributed by atoms with Crippen LogP contribution in [0.25, 0.3) is 17.2 Å². The van der Waals surface area contributed by atoms with E-state index in [0.717, 1.165) is 16.7 Å². The van der Waals surface area contributed by atoms with E-state index in [1.54, 1.807) is 24.3 Å². The molecular formula is C19H15NO3. The van der Waals surface area contributed by atoms with Crippen molar-refractivity contribution in [2.24, 2.45) is 0 Å². The lowest BCUT2D eigenvalue weighted by molar-refractivity contribution is -0.118. The molecule has 1 N–H and O–H groups in total. The maximum absolute atomic E-state index is 12.2. The number of benzene rings is 2. The largest absolute Gasteiger partial charge is 0.353 e. The zero-order chi connectivity index (χ0) is 16.4. The first kappa shape index (κ1) is 14.9. The molecule has 0 saturated heterocycles. The Hall–Kier alpha value is -3.01. The smallest absolute Gasteiger partial charge is 0.234 e. The van der Waals surface area contributed by atoms with Gasteiger partial charge in [-0.1, -0.05) is 42.5 Å². The summed E-state index contributed by atoms with van der Waals surface area (Å²) in [4.78, 5) is 35.2. The van der Waals surface area contributed by atoms with E-state index >= 15 is 0 Å². The molecule has 0 saturated carbocycles. The van der Waals surface area contributed by atoms with Gasteiger partial charge < -0.3 is 5.32 Å². The minimum absolute atomic E-state index is 0.0851. The van der Waals surface area contributed by atoms with Gasteiger partial charge in [-0.25, -0.2) is 0 Å². The van der Waals surface area contributed by atoms with Crippen molar-refractivity contribution in [3.8, 4) is 11.1 Å². The highest BCUT2D eigenvalue weighted by molar-refractivity contribution is 6.53. The van der Waals surface area contributed by atoms with Crippen LogP contribution < -0.4 is 5.32 Å². The molecule has 0 aliphatic heterocycles. The third-order valence-electron chi connectivity index (χ3n) is 3.74. The van der Waals surface area contributed by atoms with Crippen LogP contribution in [0.4, 0.5) is 0 Å². The van der Waals surface area contributed by atoms with Crippen LogP contribution in [-0.4, -0.2) is 24.0 Å². The fourth-order valence-electron chi connectivity index (χ4n) is 2.64. The van der Waals surface area contributed by atoms with E-state index < -0.39 is 11.6 Å². The van der Waals surface area contributed by atoms with Gasteiger partial charge in [0.25, 0.3) is 0 Å². The van der Waals surface area contributed by atoms with E-state index in [1.165, 1.54) is 6.92 Å². The first-order valence-corrected chi connectivity index (χ1v) is 7.31. The zero-order valence-electron chi connectivity index (χ0n) is 12.6. The van der Waals surface area contributed by atoms with E-state index in [9.17, 15) is 14.4 Å². The second-order valence-corrected chi connectivity index (χ2v) is 5.35. The zero-order valence-corrected chi connectivity index (χ0v) is 12.6.